The number of ether oxygens (including phenoxy) is 2. The van der Waals surface area contributed by atoms with Crippen LogP contribution in [-0.4, -0.2) is 71.0 Å². The van der Waals surface area contributed by atoms with Gasteiger partial charge in [0, 0.05) is 42.8 Å². The molecule has 11 heteroatoms. The van der Waals surface area contributed by atoms with Crippen LogP contribution in [0, 0.1) is 5.92 Å². The second-order valence-electron chi connectivity index (χ2n) is 16.6. The molecule has 0 radical (unpaired) electrons. The molecule has 0 aliphatic heterocycles. The average Bonchev–Trinajstić information content (AvgIpc) is 3.79. The minimum atomic E-state index is -1.13. The molecule has 63 heavy (non-hydrogen) atoms. The summed E-state index contributed by atoms with van der Waals surface area (Å²) < 4.78 is 11.8. The first-order chi connectivity index (χ1) is 30.5. The number of phenols is 3. The van der Waals surface area contributed by atoms with E-state index < -0.39 is 24.0 Å². The molecular weight excluding hydrogens is 795 g/mol. The number of phenolic OH excluding ortho intramolecular Hbond substituents is 3. The third kappa shape index (κ3) is 10.2. The normalized spacial score (nSPS) is 16.6. The van der Waals surface area contributed by atoms with Crippen LogP contribution in [-0.2, 0) is 30.6 Å². The third-order valence-electron chi connectivity index (χ3n) is 12.2. The Hall–Kier alpha value is -6.11. The van der Waals surface area contributed by atoms with Crippen molar-refractivity contribution in [3.05, 3.63) is 160 Å². The van der Waals surface area contributed by atoms with Gasteiger partial charge in [-0.2, -0.15) is 12.4 Å². The van der Waals surface area contributed by atoms with Crippen molar-refractivity contribution in [2.75, 3.05) is 27.4 Å². The summed E-state index contributed by atoms with van der Waals surface area (Å²) in [6.45, 7) is 4.60. The topological polar surface area (TPSA) is 175 Å². The van der Waals surface area contributed by atoms with Crippen LogP contribution in [0.2, 0.25) is 0 Å². The van der Waals surface area contributed by atoms with Gasteiger partial charge in [0.2, 0.25) is 0 Å². The number of hydrogen-bond donors (Lipinski definition) is 7. The highest BCUT2D eigenvalue weighted by molar-refractivity contribution is 5.89. The zero-order valence-electron chi connectivity index (χ0n) is 36.3. The molecule has 0 fully saturated rings. The van der Waals surface area contributed by atoms with Crippen LogP contribution in [0.25, 0.3) is 10.8 Å². The molecule has 330 valence electrons. The van der Waals surface area contributed by atoms with Gasteiger partial charge in [-0.15, -0.1) is 0 Å². The monoisotopic (exact) mass is 852 g/mol. The van der Waals surface area contributed by atoms with Crippen LogP contribution < -0.4 is 25.1 Å². The summed E-state index contributed by atoms with van der Waals surface area (Å²) in [5.74, 6) is -1.63. The molecule has 0 amide bonds. The van der Waals surface area contributed by atoms with E-state index in [1.54, 1.807) is 63.8 Å². The number of methoxy groups -OCH3 is 1. The minimum absolute atomic E-state index is 0.0183. The number of nitrogens with one attached hydrogen (secondary N) is 2. The smallest absolute Gasteiger partial charge is 0.164 e. The van der Waals surface area contributed by atoms with E-state index in [-0.39, 0.29) is 60.2 Å². The number of aromatic nitrogens is 1. The summed E-state index contributed by atoms with van der Waals surface area (Å²) in [5.41, 5.74) is 7.03. The largest absolute Gasteiger partial charge is 0.670 e. The molecule has 6 unspecified atom stereocenters. The quantitative estimate of drug-likeness (QED) is 0.0230. The molecule has 1 aliphatic rings. The molecule has 0 spiro atoms. The van der Waals surface area contributed by atoms with Crippen molar-refractivity contribution >= 4 is 16.6 Å². The van der Waals surface area contributed by atoms with E-state index in [2.05, 4.69) is 59.0 Å². The number of fused-ring (bicyclic) bond motifs is 2. The summed E-state index contributed by atoms with van der Waals surface area (Å²) in [7, 11) is 3.37. The number of carbonyl (C=O) groups is 1. The Morgan fingerprint density at radius 3 is 2.41 bits per heavy atom. The number of aliphatic hydroxyl groups is 2. The summed E-state index contributed by atoms with van der Waals surface area (Å²) in [6, 6.07) is 28.2. The maximum Gasteiger partial charge on any atom is 0.164 e. The summed E-state index contributed by atoms with van der Waals surface area (Å²) in [4.78, 5) is 19.2. The molecule has 1 aromatic heterocycles. The van der Waals surface area contributed by atoms with Crippen LogP contribution in [0.15, 0.2) is 116 Å². The SMILES string of the molecule is CCc1ccc2ccccc2c1C1C=CC(C(Cc2cc[n-]c2)C(O)CC(=O)C(Cc2ccc(O)c(OCNCC(C)O)c2)c2cc(O)cc(CNC)c2)c2ccc(O)c(OC)c21. The zero-order valence-corrected chi connectivity index (χ0v) is 36.3. The van der Waals surface area contributed by atoms with E-state index in [9.17, 15) is 30.3 Å². The Bertz CT molecular complexity index is 2530. The minimum Gasteiger partial charge on any atom is -0.670 e. The standard InChI is InChI=1S/C52H58N3O8/c1-5-35-11-12-36-8-6-7-9-39(36)50(35)42-14-13-40(41-15-17-46(59)52(62-4)51(41)42)44(23-33-18-19-54-29-33)48(61)26-47(60)43(37-20-34(28-53-3)21-38(57)25-37)22-32-10-16-45(58)49(24-32)63-30-55-27-31(2)56/h6-21,24-25,29,31,40,42-44,48,53,55-59,61H,5,22-23,26-28,30H2,1-4H3/q-1. The fourth-order valence-corrected chi connectivity index (χ4v) is 9.26. The number of aromatic hydroxyl groups is 3. The van der Waals surface area contributed by atoms with Crippen molar-refractivity contribution in [2.45, 2.75) is 76.0 Å². The lowest BCUT2D eigenvalue weighted by molar-refractivity contribution is -0.123. The summed E-state index contributed by atoms with van der Waals surface area (Å²) in [6.07, 6.45) is 7.29. The highest BCUT2D eigenvalue weighted by atomic mass is 16.5. The molecule has 0 bridgehead atoms. The second-order valence-corrected chi connectivity index (χ2v) is 16.6. The Balaban J connectivity index is 1.27. The molecule has 7 rings (SSSR count). The van der Waals surface area contributed by atoms with E-state index in [1.165, 1.54) is 11.6 Å². The number of Topliss-reactive ketones (excluding diaryl/α,β-unsaturated/α-hetero) is 1. The van der Waals surface area contributed by atoms with Gasteiger partial charge in [0.05, 0.1) is 19.3 Å². The lowest BCUT2D eigenvalue weighted by atomic mass is 9.69. The van der Waals surface area contributed by atoms with Crippen molar-refractivity contribution in [1.82, 2.24) is 15.6 Å². The van der Waals surface area contributed by atoms with Gasteiger partial charge in [0.25, 0.3) is 0 Å². The second kappa shape index (κ2) is 20.4. The van der Waals surface area contributed by atoms with Crippen LogP contribution >= 0.6 is 0 Å². The fraction of sp³-hybridized carbons (Fsp3) is 0.327. The number of allylic oxidation sites excluding steroid dienone is 2. The van der Waals surface area contributed by atoms with Gasteiger partial charge in [0.15, 0.2) is 23.0 Å². The number of benzene rings is 5. The number of aryl methyl sites for hydroxylation is 1. The average molecular weight is 853 g/mol. The van der Waals surface area contributed by atoms with Crippen LogP contribution in [0.1, 0.15) is 82.5 Å². The van der Waals surface area contributed by atoms with Gasteiger partial charge in [-0.05, 0) is 114 Å². The molecule has 0 saturated heterocycles. The number of ketones is 1. The number of rotatable bonds is 20. The summed E-state index contributed by atoms with van der Waals surface area (Å²) >= 11 is 0. The Morgan fingerprint density at radius 2 is 1.67 bits per heavy atom. The Kier molecular flexibility index (Phi) is 14.5. The highest BCUT2D eigenvalue weighted by Gasteiger charge is 2.38. The van der Waals surface area contributed by atoms with E-state index in [1.807, 2.05) is 30.3 Å². The van der Waals surface area contributed by atoms with Gasteiger partial charge in [0.1, 0.15) is 18.3 Å². The first-order valence-corrected chi connectivity index (χ1v) is 21.6. The van der Waals surface area contributed by atoms with Crippen molar-refractivity contribution < 1.29 is 39.8 Å². The third-order valence-corrected chi connectivity index (χ3v) is 12.2. The van der Waals surface area contributed by atoms with E-state index in [0.29, 0.717) is 36.4 Å². The molecule has 5 aromatic carbocycles. The maximum absolute atomic E-state index is 14.9. The molecule has 7 N–H and O–H groups in total. The van der Waals surface area contributed by atoms with Gasteiger partial charge in [-0.1, -0.05) is 85.3 Å². The van der Waals surface area contributed by atoms with Crippen molar-refractivity contribution in [3.63, 3.8) is 0 Å². The lowest BCUT2D eigenvalue weighted by Crippen LogP contribution is -2.33. The lowest BCUT2D eigenvalue weighted by Gasteiger charge is -2.36. The number of aliphatic hydroxyl groups excluding tert-OH is 2. The first kappa shape index (κ1) is 44.9. The Labute approximate surface area is 369 Å². The van der Waals surface area contributed by atoms with Crippen LogP contribution in [0.4, 0.5) is 0 Å². The molecule has 6 aromatic rings. The van der Waals surface area contributed by atoms with Crippen molar-refractivity contribution in [1.29, 1.82) is 0 Å². The van der Waals surface area contributed by atoms with Gasteiger partial charge in [-0.3, -0.25) is 10.1 Å². The molecule has 11 nitrogen and oxygen atoms in total. The Morgan fingerprint density at radius 1 is 0.857 bits per heavy atom. The van der Waals surface area contributed by atoms with E-state index >= 15 is 0 Å². The molecule has 1 heterocycles. The van der Waals surface area contributed by atoms with Crippen LogP contribution in [0.5, 0.6) is 28.7 Å². The van der Waals surface area contributed by atoms with Crippen molar-refractivity contribution in [3.8, 4) is 28.7 Å². The predicted molar refractivity (Wildman–Crippen MR) is 245 cm³/mol. The molecule has 6 atom stereocenters. The van der Waals surface area contributed by atoms with Crippen molar-refractivity contribution in [2.24, 2.45) is 5.92 Å². The predicted octanol–water partition coefficient (Wildman–Crippen LogP) is 7.50. The maximum atomic E-state index is 14.9. The first-order valence-electron chi connectivity index (χ1n) is 21.6. The summed E-state index contributed by atoms with van der Waals surface area (Å²) in [5, 5.41) is 63.3. The molecule has 1 aliphatic carbocycles. The van der Waals surface area contributed by atoms with Gasteiger partial charge < -0.3 is 45.3 Å². The molecular formula is C52H58N3O8-. The van der Waals surface area contributed by atoms with E-state index in [4.69, 9.17) is 9.47 Å². The number of carbonyl (C=O) groups excluding carboxylic acids is 1. The van der Waals surface area contributed by atoms with Gasteiger partial charge >= 0.3 is 0 Å². The highest BCUT2D eigenvalue weighted by Crippen LogP contribution is 2.51. The molecule has 0 saturated carbocycles. The van der Waals surface area contributed by atoms with E-state index in [0.717, 1.165) is 45.0 Å². The number of hydrogen-bond acceptors (Lipinski definition) is 10. The number of nitrogens with zero attached hydrogens (tertiary/aromatic N) is 1. The zero-order chi connectivity index (χ0) is 44.6. The van der Waals surface area contributed by atoms with Crippen LogP contribution in [0.3, 0.4) is 0 Å². The fourth-order valence-electron chi connectivity index (χ4n) is 9.26. The van der Waals surface area contributed by atoms with Gasteiger partial charge in [-0.25, -0.2) is 0 Å².